The highest BCUT2D eigenvalue weighted by molar-refractivity contribution is 7.09. The van der Waals surface area contributed by atoms with Gasteiger partial charge in [-0.25, -0.2) is 4.98 Å². The minimum Gasteiger partial charge on any atom is -0.385 e. The largest absolute Gasteiger partial charge is 0.385 e. The van der Waals surface area contributed by atoms with E-state index in [9.17, 15) is 4.79 Å². The van der Waals surface area contributed by atoms with Crippen LogP contribution in [0.5, 0.6) is 0 Å². The lowest BCUT2D eigenvalue weighted by Gasteiger charge is -2.11. The second-order valence-corrected chi connectivity index (χ2v) is 5.24. The van der Waals surface area contributed by atoms with Crippen molar-refractivity contribution in [3.8, 4) is 0 Å². The van der Waals surface area contributed by atoms with Crippen LogP contribution in [0.2, 0.25) is 5.02 Å². The van der Waals surface area contributed by atoms with Gasteiger partial charge in [-0.1, -0.05) is 11.6 Å². The van der Waals surface area contributed by atoms with Crippen LogP contribution in [0.3, 0.4) is 0 Å². The van der Waals surface area contributed by atoms with E-state index in [0.717, 1.165) is 17.2 Å². The van der Waals surface area contributed by atoms with E-state index in [4.69, 9.17) is 11.6 Å². The number of rotatable bonds is 5. The molecule has 0 aliphatic heterocycles. The van der Waals surface area contributed by atoms with E-state index in [1.165, 1.54) is 11.3 Å². The number of nitrogens with one attached hydrogen (secondary N) is 2. The average molecular weight is 296 g/mol. The smallest absolute Gasteiger partial charge is 0.253 e. The van der Waals surface area contributed by atoms with Crippen LogP contribution in [0, 0.1) is 0 Å². The summed E-state index contributed by atoms with van der Waals surface area (Å²) in [6, 6.07) is 5.23. The van der Waals surface area contributed by atoms with Gasteiger partial charge in [0.2, 0.25) is 0 Å². The van der Waals surface area contributed by atoms with Crippen molar-refractivity contribution in [3.63, 3.8) is 0 Å². The maximum atomic E-state index is 12.2. The number of nitrogens with zero attached hydrogens (tertiary/aromatic N) is 1. The summed E-state index contributed by atoms with van der Waals surface area (Å²) in [5, 5.41) is 9.28. The summed E-state index contributed by atoms with van der Waals surface area (Å²) in [6.45, 7) is 3.15. The van der Waals surface area contributed by atoms with Crippen molar-refractivity contribution in [2.75, 3.05) is 11.9 Å². The van der Waals surface area contributed by atoms with E-state index >= 15 is 0 Å². The molecule has 19 heavy (non-hydrogen) atoms. The van der Waals surface area contributed by atoms with Gasteiger partial charge in [-0.05, 0) is 25.1 Å². The van der Waals surface area contributed by atoms with E-state index in [2.05, 4.69) is 15.6 Å². The molecule has 2 rings (SSSR count). The highest BCUT2D eigenvalue weighted by atomic mass is 35.5. The molecule has 6 heteroatoms. The summed E-state index contributed by atoms with van der Waals surface area (Å²) in [5.74, 6) is -0.159. The van der Waals surface area contributed by atoms with Crippen molar-refractivity contribution in [1.29, 1.82) is 0 Å². The van der Waals surface area contributed by atoms with Gasteiger partial charge in [-0.15, -0.1) is 11.3 Å². The monoisotopic (exact) mass is 295 g/mol. The zero-order chi connectivity index (χ0) is 13.7. The summed E-state index contributed by atoms with van der Waals surface area (Å²) in [5.41, 5.74) is 1.33. The Morgan fingerprint density at radius 2 is 2.32 bits per heavy atom. The fraction of sp³-hybridized carbons (Fsp3) is 0.231. The number of benzene rings is 1. The Morgan fingerprint density at radius 1 is 1.47 bits per heavy atom. The number of anilines is 1. The molecule has 1 amide bonds. The highest BCUT2D eigenvalue weighted by Gasteiger charge is 2.12. The molecule has 0 spiro atoms. The molecule has 2 aromatic rings. The van der Waals surface area contributed by atoms with Crippen LogP contribution in [-0.4, -0.2) is 17.4 Å². The van der Waals surface area contributed by atoms with Crippen LogP contribution in [0.1, 0.15) is 22.3 Å². The number of carbonyl (C=O) groups is 1. The van der Waals surface area contributed by atoms with E-state index < -0.39 is 0 Å². The molecule has 100 valence electrons. The molecule has 1 aromatic carbocycles. The van der Waals surface area contributed by atoms with Gasteiger partial charge >= 0.3 is 0 Å². The van der Waals surface area contributed by atoms with Crippen LogP contribution in [0.4, 0.5) is 5.69 Å². The standard InChI is InChI=1S/C13H14ClN3OS/c1-2-15-11-4-3-9(14)7-10(11)13(18)17-8-12-16-5-6-19-12/h3-7,15H,2,8H2,1H3,(H,17,18). The van der Waals surface area contributed by atoms with Gasteiger partial charge in [-0.2, -0.15) is 0 Å². The summed E-state index contributed by atoms with van der Waals surface area (Å²) in [6.07, 6.45) is 1.72. The molecular formula is C13H14ClN3OS. The van der Waals surface area contributed by atoms with Gasteiger partial charge in [0, 0.05) is 28.8 Å². The average Bonchev–Trinajstić information content (AvgIpc) is 2.91. The van der Waals surface area contributed by atoms with Crippen molar-refractivity contribution in [2.24, 2.45) is 0 Å². The number of hydrogen-bond donors (Lipinski definition) is 2. The van der Waals surface area contributed by atoms with E-state index in [1.54, 1.807) is 18.3 Å². The Morgan fingerprint density at radius 3 is 3.00 bits per heavy atom. The maximum Gasteiger partial charge on any atom is 0.253 e. The third-order valence-electron chi connectivity index (χ3n) is 2.48. The minimum atomic E-state index is -0.159. The second-order valence-electron chi connectivity index (χ2n) is 3.83. The van der Waals surface area contributed by atoms with Crippen molar-refractivity contribution < 1.29 is 4.79 Å². The zero-order valence-electron chi connectivity index (χ0n) is 10.4. The Hall–Kier alpha value is -1.59. The van der Waals surface area contributed by atoms with Crippen molar-refractivity contribution in [1.82, 2.24) is 10.3 Å². The highest BCUT2D eigenvalue weighted by Crippen LogP contribution is 2.20. The molecule has 2 N–H and O–H groups in total. The topological polar surface area (TPSA) is 54.0 Å². The molecule has 0 bridgehead atoms. The Balaban J connectivity index is 2.11. The minimum absolute atomic E-state index is 0.159. The van der Waals surface area contributed by atoms with Crippen molar-refractivity contribution >= 4 is 34.5 Å². The van der Waals surface area contributed by atoms with Crippen LogP contribution in [-0.2, 0) is 6.54 Å². The first-order chi connectivity index (χ1) is 9.20. The molecule has 1 aromatic heterocycles. The molecule has 0 fully saturated rings. The van der Waals surface area contributed by atoms with E-state index in [0.29, 0.717) is 17.1 Å². The first-order valence-electron chi connectivity index (χ1n) is 5.90. The molecule has 0 unspecified atom stereocenters. The molecule has 0 atom stereocenters. The van der Waals surface area contributed by atoms with Crippen LogP contribution >= 0.6 is 22.9 Å². The maximum absolute atomic E-state index is 12.2. The number of carbonyl (C=O) groups excluding carboxylic acids is 1. The Labute approximate surface area is 120 Å². The molecule has 1 heterocycles. The van der Waals surface area contributed by atoms with Gasteiger partial charge in [0.25, 0.3) is 5.91 Å². The lowest BCUT2D eigenvalue weighted by Crippen LogP contribution is -2.24. The Kier molecular flexibility index (Phi) is 4.76. The molecule has 0 saturated heterocycles. The molecule has 0 radical (unpaired) electrons. The predicted octanol–water partition coefficient (Wildman–Crippen LogP) is 3.16. The normalized spacial score (nSPS) is 10.2. The third kappa shape index (κ3) is 3.68. The lowest BCUT2D eigenvalue weighted by molar-refractivity contribution is 0.0951. The number of amides is 1. The fourth-order valence-corrected chi connectivity index (χ4v) is 2.37. The van der Waals surface area contributed by atoms with Crippen LogP contribution in [0.25, 0.3) is 0 Å². The molecule has 4 nitrogen and oxygen atoms in total. The van der Waals surface area contributed by atoms with Gasteiger partial charge in [0.1, 0.15) is 5.01 Å². The molecule has 0 aliphatic carbocycles. The first kappa shape index (κ1) is 13.8. The molecular weight excluding hydrogens is 282 g/mol. The predicted molar refractivity (Wildman–Crippen MR) is 78.9 cm³/mol. The summed E-state index contributed by atoms with van der Waals surface area (Å²) in [4.78, 5) is 16.3. The van der Waals surface area contributed by atoms with Gasteiger partial charge in [0.05, 0.1) is 12.1 Å². The van der Waals surface area contributed by atoms with Crippen molar-refractivity contribution in [3.05, 3.63) is 45.4 Å². The van der Waals surface area contributed by atoms with Gasteiger partial charge in [-0.3, -0.25) is 4.79 Å². The van der Waals surface area contributed by atoms with E-state index in [-0.39, 0.29) is 5.91 Å². The zero-order valence-corrected chi connectivity index (χ0v) is 12.0. The lowest BCUT2D eigenvalue weighted by atomic mass is 10.1. The van der Waals surface area contributed by atoms with Crippen LogP contribution < -0.4 is 10.6 Å². The summed E-state index contributed by atoms with van der Waals surface area (Å²) < 4.78 is 0. The molecule has 0 saturated carbocycles. The second kappa shape index (κ2) is 6.54. The Bertz CT molecular complexity index is 557. The fourth-order valence-electron chi connectivity index (χ4n) is 1.64. The van der Waals surface area contributed by atoms with Gasteiger partial charge < -0.3 is 10.6 Å². The third-order valence-corrected chi connectivity index (χ3v) is 3.49. The number of halogens is 1. The first-order valence-corrected chi connectivity index (χ1v) is 7.16. The summed E-state index contributed by atoms with van der Waals surface area (Å²) in [7, 11) is 0. The summed E-state index contributed by atoms with van der Waals surface area (Å²) >= 11 is 7.45. The molecule has 0 aliphatic rings. The van der Waals surface area contributed by atoms with Crippen molar-refractivity contribution in [2.45, 2.75) is 13.5 Å². The van der Waals surface area contributed by atoms with E-state index in [1.807, 2.05) is 18.4 Å². The number of thiazole rings is 1. The number of aromatic nitrogens is 1. The SMILES string of the molecule is CCNc1ccc(Cl)cc1C(=O)NCc1nccs1. The van der Waals surface area contributed by atoms with Gasteiger partial charge in [0.15, 0.2) is 0 Å². The number of hydrogen-bond acceptors (Lipinski definition) is 4. The van der Waals surface area contributed by atoms with Crippen LogP contribution in [0.15, 0.2) is 29.8 Å². The quantitative estimate of drug-likeness (QED) is 0.891.